The Morgan fingerprint density at radius 3 is 2.22 bits per heavy atom. The SMILES string of the molecule is CC1c2c[c]ccc2-c2ccc(-c3ccc4c(c3)Cc3c[c]ccc3-4)cc21. The van der Waals surface area contributed by atoms with Gasteiger partial charge in [0, 0.05) is 5.92 Å². The topological polar surface area (TPSA) is 0 Å². The first kappa shape index (κ1) is 15.0. The van der Waals surface area contributed by atoms with E-state index in [1.807, 2.05) is 12.1 Å². The average Bonchev–Trinajstić information content (AvgIpc) is 3.23. The van der Waals surface area contributed by atoms with Crippen molar-refractivity contribution in [3.05, 3.63) is 107 Å². The Morgan fingerprint density at radius 1 is 0.667 bits per heavy atom. The second kappa shape index (κ2) is 5.44. The zero-order valence-electron chi connectivity index (χ0n) is 15.2. The summed E-state index contributed by atoms with van der Waals surface area (Å²) in [6, 6.07) is 33.0. The van der Waals surface area contributed by atoms with Crippen molar-refractivity contribution in [2.24, 2.45) is 0 Å². The van der Waals surface area contributed by atoms with Gasteiger partial charge < -0.3 is 0 Å². The van der Waals surface area contributed by atoms with Crippen LogP contribution in [0.3, 0.4) is 0 Å². The van der Waals surface area contributed by atoms with Gasteiger partial charge in [-0.15, -0.1) is 0 Å². The van der Waals surface area contributed by atoms with Crippen LogP contribution >= 0.6 is 0 Å². The molecule has 0 aliphatic heterocycles. The Kier molecular flexibility index (Phi) is 3.02. The zero-order valence-corrected chi connectivity index (χ0v) is 15.2. The molecule has 0 saturated carbocycles. The highest BCUT2D eigenvalue weighted by molar-refractivity contribution is 5.84. The number of benzene rings is 4. The second-order valence-electron chi connectivity index (χ2n) is 7.67. The molecule has 0 heterocycles. The summed E-state index contributed by atoms with van der Waals surface area (Å²) in [5, 5.41) is 0. The molecule has 0 saturated heterocycles. The summed E-state index contributed by atoms with van der Waals surface area (Å²) in [4.78, 5) is 0. The van der Waals surface area contributed by atoms with Gasteiger partial charge in [0.25, 0.3) is 0 Å². The zero-order chi connectivity index (χ0) is 18.0. The molecule has 27 heavy (non-hydrogen) atoms. The van der Waals surface area contributed by atoms with E-state index < -0.39 is 0 Å². The van der Waals surface area contributed by atoms with Crippen molar-refractivity contribution in [1.82, 2.24) is 0 Å². The standard InChI is InChI=1S/C27H18/c1-17-22-7-4-5-9-25(22)26-13-11-19(16-27(17)26)18-10-12-24-21(14-18)15-20-6-2-3-8-23(20)24/h3,5-14,16-17H,15H2,1H3. The van der Waals surface area contributed by atoms with E-state index in [0.717, 1.165) is 6.42 Å². The van der Waals surface area contributed by atoms with Crippen LogP contribution in [0.25, 0.3) is 33.4 Å². The Labute approximate surface area is 160 Å². The van der Waals surface area contributed by atoms with Crippen LogP contribution in [0.1, 0.15) is 35.1 Å². The molecule has 0 spiro atoms. The average molecular weight is 342 g/mol. The molecule has 0 aromatic heterocycles. The van der Waals surface area contributed by atoms with Crippen molar-refractivity contribution >= 4 is 0 Å². The van der Waals surface area contributed by atoms with Crippen LogP contribution in [0.15, 0.2) is 72.8 Å². The van der Waals surface area contributed by atoms with Gasteiger partial charge >= 0.3 is 0 Å². The van der Waals surface area contributed by atoms with Crippen LogP contribution < -0.4 is 0 Å². The molecular weight excluding hydrogens is 324 g/mol. The lowest BCUT2D eigenvalue weighted by atomic mass is 9.94. The second-order valence-corrected chi connectivity index (χ2v) is 7.67. The molecule has 0 fully saturated rings. The molecular formula is C27H18. The molecule has 0 heteroatoms. The van der Waals surface area contributed by atoms with Crippen molar-refractivity contribution in [2.75, 3.05) is 0 Å². The number of hydrogen-bond donors (Lipinski definition) is 0. The van der Waals surface area contributed by atoms with Gasteiger partial charge in [0.15, 0.2) is 0 Å². The van der Waals surface area contributed by atoms with Crippen LogP contribution in [-0.2, 0) is 6.42 Å². The summed E-state index contributed by atoms with van der Waals surface area (Å²) < 4.78 is 0. The van der Waals surface area contributed by atoms with Gasteiger partial charge in [-0.2, -0.15) is 0 Å². The third kappa shape index (κ3) is 2.10. The van der Waals surface area contributed by atoms with Gasteiger partial charge in [0.05, 0.1) is 0 Å². The maximum atomic E-state index is 3.24. The summed E-state index contributed by atoms with van der Waals surface area (Å²) in [6.45, 7) is 2.30. The van der Waals surface area contributed by atoms with Crippen LogP contribution in [0.2, 0.25) is 0 Å². The minimum Gasteiger partial charge on any atom is -0.0542 e. The van der Waals surface area contributed by atoms with E-state index in [4.69, 9.17) is 0 Å². The van der Waals surface area contributed by atoms with Crippen LogP contribution in [-0.4, -0.2) is 0 Å². The van der Waals surface area contributed by atoms with Crippen molar-refractivity contribution in [1.29, 1.82) is 0 Å². The number of fused-ring (bicyclic) bond motifs is 6. The van der Waals surface area contributed by atoms with Crippen LogP contribution in [0.4, 0.5) is 0 Å². The highest BCUT2D eigenvalue weighted by atomic mass is 14.3. The Bertz CT molecular complexity index is 1210. The Morgan fingerprint density at radius 2 is 1.33 bits per heavy atom. The lowest BCUT2D eigenvalue weighted by molar-refractivity contribution is 0.957. The monoisotopic (exact) mass is 342 g/mol. The third-order valence-electron chi connectivity index (χ3n) is 6.23. The number of hydrogen-bond acceptors (Lipinski definition) is 0. The smallest absolute Gasteiger partial charge is 0.00737 e. The summed E-state index contributed by atoms with van der Waals surface area (Å²) >= 11 is 0. The normalized spacial score (nSPS) is 15.8. The maximum Gasteiger partial charge on any atom is 0.00737 e. The molecule has 0 amide bonds. The molecule has 0 N–H and O–H groups in total. The van der Waals surface area contributed by atoms with Crippen molar-refractivity contribution in [3.8, 4) is 33.4 Å². The van der Waals surface area contributed by atoms with Crippen molar-refractivity contribution in [2.45, 2.75) is 19.3 Å². The van der Waals surface area contributed by atoms with Crippen LogP contribution in [0.5, 0.6) is 0 Å². The lowest BCUT2D eigenvalue weighted by Crippen LogP contribution is -1.90. The fraction of sp³-hybridized carbons (Fsp3) is 0.111. The molecule has 0 bridgehead atoms. The van der Waals surface area contributed by atoms with Crippen molar-refractivity contribution in [3.63, 3.8) is 0 Å². The van der Waals surface area contributed by atoms with E-state index in [1.54, 1.807) is 0 Å². The molecule has 126 valence electrons. The lowest BCUT2D eigenvalue weighted by Gasteiger charge is -2.10. The first-order valence-corrected chi connectivity index (χ1v) is 9.56. The summed E-state index contributed by atoms with van der Waals surface area (Å²) in [6.07, 6.45) is 1.01. The van der Waals surface area contributed by atoms with E-state index in [9.17, 15) is 0 Å². The van der Waals surface area contributed by atoms with E-state index in [-0.39, 0.29) is 0 Å². The molecule has 4 aromatic rings. The highest BCUT2D eigenvalue weighted by Crippen LogP contribution is 2.46. The van der Waals surface area contributed by atoms with E-state index in [2.05, 4.69) is 79.7 Å². The van der Waals surface area contributed by atoms with Crippen molar-refractivity contribution < 1.29 is 0 Å². The fourth-order valence-electron chi connectivity index (χ4n) is 4.82. The minimum atomic E-state index is 0.432. The fourth-order valence-corrected chi connectivity index (χ4v) is 4.82. The molecule has 2 radical (unpaired) electrons. The summed E-state index contributed by atoms with van der Waals surface area (Å²) in [5.74, 6) is 0.432. The predicted molar refractivity (Wildman–Crippen MR) is 111 cm³/mol. The molecule has 2 aliphatic carbocycles. The first-order chi connectivity index (χ1) is 13.3. The number of rotatable bonds is 1. The third-order valence-corrected chi connectivity index (χ3v) is 6.23. The molecule has 1 atom stereocenters. The van der Waals surface area contributed by atoms with E-state index >= 15 is 0 Å². The predicted octanol–water partition coefficient (Wildman–Crippen LogP) is 6.66. The Hall–Kier alpha value is -3.12. The van der Waals surface area contributed by atoms with Gasteiger partial charge in [-0.05, 0) is 86.3 Å². The largest absolute Gasteiger partial charge is 0.0542 e. The van der Waals surface area contributed by atoms with Crippen LogP contribution in [0, 0.1) is 12.1 Å². The van der Waals surface area contributed by atoms with E-state index in [0.29, 0.717) is 5.92 Å². The Balaban J connectivity index is 1.44. The quantitative estimate of drug-likeness (QED) is 0.320. The maximum absolute atomic E-state index is 3.24. The first-order valence-electron chi connectivity index (χ1n) is 9.56. The molecule has 0 nitrogen and oxygen atoms in total. The highest BCUT2D eigenvalue weighted by Gasteiger charge is 2.25. The molecule has 2 aliphatic rings. The van der Waals surface area contributed by atoms with Gasteiger partial charge in [-0.25, -0.2) is 0 Å². The van der Waals surface area contributed by atoms with Gasteiger partial charge in [-0.3, -0.25) is 0 Å². The summed E-state index contributed by atoms with van der Waals surface area (Å²) in [5.41, 5.74) is 13.7. The molecule has 1 unspecified atom stereocenters. The van der Waals surface area contributed by atoms with Gasteiger partial charge in [0.2, 0.25) is 0 Å². The minimum absolute atomic E-state index is 0.432. The van der Waals surface area contributed by atoms with Gasteiger partial charge in [0.1, 0.15) is 0 Å². The van der Waals surface area contributed by atoms with Gasteiger partial charge in [-0.1, -0.05) is 67.6 Å². The molecule has 6 rings (SSSR count). The van der Waals surface area contributed by atoms with E-state index in [1.165, 1.54) is 55.6 Å². The molecule has 4 aromatic carbocycles. The summed E-state index contributed by atoms with van der Waals surface area (Å²) in [7, 11) is 0.